The zero-order chi connectivity index (χ0) is 20.9. The SMILES string of the molecule is CC(C)COc1ccc(C(=O)NC(=S)NC2CCC(C(C)(C)C)CC2)cc1Br. The molecule has 6 heteroatoms. The maximum Gasteiger partial charge on any atom is 0.257 e. The number of amides is 1. The lowest BCUT2D eigenvalue weighted by Crippen LogP contribution is -2.46. The summed E-state index contributed by atoms with van der Waals surface area (Å²) in [5.41, 5.74) is 0.905. The zero-order valence-electron chi connectivity index (χ0n) is 17.6. The Labute approximate surface area is 183 Å². The van der Waals surface area contributed by atoms with Crippen LogP contribution in [-0.2, 0) is 0 Å². The second-order valence-corrected chi connectivity index (χ2v) is 10.5. The normalized spacial score (nSPS) is 20.0. The van der Waals surface area contributed by atoms with Crippen molar-refractivity contribution in [1.29, 1.82) is 0 Å². The number of benzene rings is 1. The Balaban J connectivity index is 1.84. The molecule has 1 aromatic carbocycles. The van der Waals surface area contributed by atoms with E-state index in [4.69, 9.17) is 17.0 Å². The fraction of sp³-hybridized carbons (Fsp3) is 0.636. The number of rotatable bonds is 5. The van der Waals surface area contributed by atoms with Gasteiger partial charge in [0.15, 0.2) is 5.11 Å². The summed E-state index contributed by atoms with van der Waals surface area (Å²) >= 11 is 8.84. The van der Waals surface area contributed by atoms with Gasteiger partial charge in [-0.1, -0.05) is 34.6 Å². The number of carbonyl (C=O) groups is 1. The fourth-order valence-electron chi connectivity index (χ4n) is 3.52. The van der Waals surface area contributed by atoms with Gasteiger partial charge in [-0.25, -0.2) is 0 Å². The Morgan fingerprint density at radius 1 is 1.25 bits per heavy atom. The maximum absolute atomic E-state index is 12.5. The van der Waals surface area contributed by atoms with Gasteiger partial charge in [0.2, 0.25) is 0 Å². The quantitative estimate of drug-likeness (QED) is 0.544. The number of halogens is 1. The first-order valence-electron chi connectivity index (χ1n) is 10.1. The van der Waals surface area contributed by atoms with Crippen LogP contribution in [0.1, 0.15) is 70.7 Å². The molecule has 0 unspecified atom stereocenters. The van der Waals surface area contributed by atoms with Gasteiger partial charge >= 0.3 is 0 Å². The lowest BCUT2D eigenvalue weighted by atomic mass is 9.71. The summed E-state index contributed by atoms with van der Waals surface area (Å²) in [5.74, 6) is 1.72. The van der Waals surface area contributed by atoms with Gasteiger partial charge in [0, 0.05) is 11.6 Å². The lowest BCUT2D eigenvalue weighted by Gasteiger charge is -2.37. The summed E-state index contributed by atoms with van der Waals surface area (Å²) in [6, 6.07) is 5.67. The highest BCUT2D eigenvalue weighted by Gasteiger charge is 2.29. The third-order valence-electron chi connectivity index (χ3n) is 5.28. The van der Waals surface area contributed by atoms with Crippen LogP contribution in [0.5, 0.6) is 5.75 Å². The van der Waals surface area contributed by atoms with E-state index in [-0.39, 0.29) is 5.91 Å². The van der Waals surface area contributed by atoms with Crippen molar-refractivity contribution in [3.05, 3.63) is 28.2 Å². The van der Waals surface area contributed by atoms with Crippen LogP contribution in [0.4, 0.5) is 0 Å². The van der Waals surface area contributed by atoms with Crippen molar-refractivity contribution in [2.45, 2.75) is 66.3 Å². The van der Waals surface area contributed by atoms with E-state index in [1.165, 1.54) is 12.8 Å². The molecule has 0 aromatic heterocycles. The summed E-state index contributed by atoms with van der Waals surface area (Å²) in [5, 5.41) is 6.52. The molecule has 1 aromatic rings. The van der Waals surface area contributed by atoms with Crippen LogP contribution in [0.15, 0.2) is 22.7 Å². The number of nitrogens with one attached hydrogen (secondary N) is 2. The Morgan fingerprint density at radius 2 is 1.89 bits per heavy atom. The van der Waals surface area contributed by atoms with E-state index >= 15 is 0 Å². The van der Waals surface area contributed by atoms with Crippen molar-refractivity contribution in [3.8, 4) is 5.75 Å². The van der Waals surface area contributed by atoms with Gasteiger partial charge in [-0.15, -0.1) is 0 Å². The number of hydrogen-bond acceptors (Lipinski definition) is 3. The van der Waals surface area contributed by atoms with Crippen LogP contribution in [0.25, 0.3) is 0 Å². The van der Waals surface area contributed by atoms with Crippen LogP contribution in [0.3, 0.4) is 0 Å². The number of carbonyl (C=O) groups excluding carboxylic acids is 1. The Kier molecular flexibility index (Phi) is 8.31. The summed E-state index contributed by atoms with van der Waals surface area (Å²) < 4.78 is 6.49. The van der Waals surface area contributed by atoms with E-state index in [1.54, 1.807) is 12.1 Å². The fourth-order valence-corrected chi connectivity index (χ4v) is 4.27. The average molecular weight is 469 g/mol. The minimum Gasteiger partial charge on any atom is -0.492 e. The topological polar surface area (TPSA) is 50.4 Å². The number of ether oxygens (including phenoxy) is 1. The number of thiocarbonyl (C=S) groups is 1. The summed E-state index contributed by atoms with van der Waals surface area (Å²) in [6.45, 7) is 11.8. The minimum atomic E-state index is -0.211. The molecule has 1 fully saturated rings. The van der Waals surface area contributed by atoms with Gasteiger partial charge in [-0.3, -0.25) is 10.1 Å². The van der Waals surface area contributed by atoms with Crippen LogP contribution < -0.4 is 15.4 Å². The van der Waals surface area contributed by atoms with E-state index in [0.29, 0.717) is 34.7 Å². The van der Waals surface area contributed by atoms with Gasteiger partial charge in [0.1, 0.15) is 5.75 Å². The number of hydrogen-bond donors (Lipinski definition) is 2. The molecule has 0 aliphatic heterocycles. The molecule has 1 saturated carbocycles. The largest absolute Gasteiger partial charge is 0.492 e. The molecule has 2 N–H and O–H groups in total. The van der Waals surface area contributed by atoms with Crippen molar-refractivity contribution in [1.82, 2.24) is 10.6 Å². The average Bonchev–Trinajstić information content (AvgIpc) is 2.60. The minimum absolute atomic E-state index is 0.211. The molecule has 0 atom stereocenters. The summed E-state index contributed by atoms with van der Waals surface area (Å²) in [4.78, 5) is 12.5. The highest BCUT2D eigenvalue weighted by Crippen LogP contribution is 2.37. The molecular formula is C22H33BrN2O2S. The standard InChI is InChI=1S/C22H33BrN2O2S/c1-14(2)13-27-19-11-6-15(12-18(19)23)20(26)25-21(28)24-17-9-7-16(8-10-17)22(3,4)5/h6,11-12,14,16-17H,7-10,13H2,1-5H3,(H2,24,25,26,28). The Bertz CT molecular complexity index is 692. The van der Waals surface area contributed by atoms with Crippen LogP contribution in [0, 0.1) is 17.3 Å². The lowest BCUT2D eigenvalue weighted by molar-refractivity contribution is 0.0976. The van der Waals surface area contributed by atoms with Crippen LogP contribution >= 0.6 is 28.1 Å². The van der Waals surface area contributed by atoms with Crippen LogP contribution in [0.2, 0.25) is 0 Å². The van der Waals surface area contributed by atoms with Crippen molar-refractivity contribution >= 4 is 39.2 Å². The first kappa shape index (κ1) is 23.1. The van der Waals surface area contributed by atoms with Crippen LogP contribution in [-0.4, -0.2) is 23.7 Å². The molecular weight excluding hydrogens is 436 g/mol. The van der Waals surface area contributed by atoms with Gasteiger partial charge in [-0.2, -0.15) is 0 Å². The molecule has 2 rings (SSSR count). The molecule has 1 aliphatic carbocycles. The molecule has 0 radical (unpaired) electrons. The van der Waals surface area contributed by atoms with Crippen molar-refractivity contribution in [2.75, 3.05) is 6.61 Å². The van der Waals surface area contributed by atoms with E-state index in [9.17, 15) is 4.79 Å². The van der Waals surface area contributed by atoms with Crippen molar-refractivity contribution < 1.29 is 9.53 Å². The summed E-state index contributed by atoms with van der Waals surface area (Å²) in [6.07, 6.45) is 4.57. The first-order valence-corrected chi connectivity index (χ1v) is 11.3. The highest BCUT2D eigenvalue weighted by molar-refractivity contribution is 9.10. The van der Waals surface area contributed by atoms with E-state index < -0.39 is 0 Å². The molecule has 0 saturated heterocycles. The molecule has 0 heterocycles. The maximum atomic E-state index is 12.5. The predicted octanol–water partition coefficient (Wildman–Crippen LogP) is 5.69. The summed E-state index contributed by atoms with van der Waals surface area (Å²) in [7, 11) is 0. The van der Waals surface area contributed by atoms with Gasteiger partial charge in [0.05, 0.1) is 11.1 Å². The van der Waals surface area contributed by atoms with E-state index in [1.807, 2.05) is 6.07 Å². The van der Waals surface area contributed by atoms with Gasteiger partial charge in [-0.05, 0) is 89.3 Å². The monoisotopic (exact) mass is 468 g/mol. The van der Waals surface area contributed by atoms with E-state index in [0.717, 1.165) is 29.0 Å². The van der Waals surface area contributed by atoms with Crippen molar-refractivity contribution in [3.63, 3.8) is 0 Å². The van der Waals surface area contributed by atoms with Gasteiger partial charge < -0.3 is 10.1 Å². The second kappa shape index (κ2) is 10.1. The first-order chi connectivity index (χ1) is 13.1. The molecule has 1 amide bonds. The van der Waals surface area contributed by atoms with E-state index in [2.05, 4.69) is 61.2 Å². The smallest absolute Gasteiger partial charge is 0.257 e. The molecule has 156 valence electrons. The third kappa shape index (κ3) is 7.03. The van der Waals surface area contributed by atoms with Gasteiger partial charge in [0.25, 0.3) is 5.91 Å². The Morgan fingerprint density at radius 3 is 2.43 bits per heavy atom. The predicted molar refractivity (Wildman–Crippen MR) is 123 cm³/mol. The molecule has 0 bridgehead atoms. The molecule has 28 heavy (non-hydrogen) atoms. The molecule has 0 spiro atoms. The highest BCUT2D eigenvalue weighted by atomic mass is 79.9. The Hall–Kier alpha value is -1.14. The zero-order valence-corrected chi connectivity index (χ0v) is 20.0. The van der Waals surface area contributed by atoms with Crippen molar-refractivity contribution in [2.24, 2.45) is 17.3 Å². The molecule has 1 aliphatic rings. The second-order valence-electron chi connectivity index (χ2n) is 9.19. The molecule has 4 nitrogen and oxygen atoms in total. The third-order valence-corrected chi connectivity index (χ3v) is 6.12.